The normalized spacial score (nSPS) is 24.0. The molecule has 1 aliphatic rings. The molecule has 1 aliphatic heterocycles. The molecular weight excluding hydrogens is 112 g/mol. The molecular formula is C4H6S2. The molecule has 0 atom stereocenters. The van der Waals surface area contributed by atoms with E-state index in [0.29, 0.717) is 0 Å². The summed E-state index contributed by atoms with van der Waals surface area (Å²) in [4.78, 5) is 0. The van der Waals surface area contributed by atoms with Crippen LogP contribution in [-0.2, 0) is 0 Å². The molecule has 0 aromatic carbocycles. The lowest BCUT2D eigenvalue weighted by atomic mass is 10.9. The van der Waals surface area contributed by atoms with E-state index < -0.39 is 0 Å². The molecule has 0 bridgehead atoms. The first-order valence-corrected chi connectivity index (χ1v) is 3.98. The monoisotopic (exact) mass is 118 g/mol. The first-order valence-electron chi connectivity index (χ1n) is 1.88. The minimum Gasteiger partial charge on any atom is -0.155 e. The molecule has 34 valence electrons. The predicted octanol–water partition coefficient (Wildman–Crippen LogP) is 1.79. The first kappa shape index (κ1) is 4.85. The Hall–Kier alpha value is 0.700. The van der Waals surface area contributed by atoms with Crippen molar-refractivity contribution in [3.8, 4) is 0 Å². The van der Waals surface area contributed by atoms with Gasteiger partial charge in [0.05, 0.1) is 0 Å². The lowest BCUT2D eigenvalue weighted by molar-refractivity contribution is 1.54. The Morgan fingerprint density at radius 3 is 1.67 bits per heavy atom. The molecule has 1 saturated heterocycles. The third-order valence-electron chi connectivity index (χ3n) is 0.567. The van der Waals surface area contributed by atoms with Crippen molar-refractivity contribution in [1.82, 2.24) is 0 Å². The Labute approximate surface area is 47.1 Å². The second-order valence-corrected chi connectivity index (χ2v) is 3.04. The standard InChI is InChI=1S/C4H6S2/c1-2-6-4-3-5-1/h1-2H,3-4H2. The zero-order valence-electron chi connectivity index (χ0n) is 3.39. The van der Waals surface area contributed by atoms with Crippen LogP contribution in [0.3, 0.4) is 0 Å². The highest BCUT2D eigenvalue weighted by Crippen LogP contribution is 2.23. The summed E-state index contributed by atoms with van der Waals surface area (Å²) in [6.07, 6.45) is 0. The van der Waals surface area contributed by atoms with Gasteiger partial charge >= 0.3 is 0 Å². The summed E-state index contributed by atoms with van der Waals surface area (Å²) in [5.74, 6) is 6.88. The van der Waals surface area contributed by atoms with Crippen molar-refractivity contribution in [1.29, 1.82) is 0 Å². The van der Waals surface area contributed by atoms with E-state index in [9.17, 15) is 0 Å². The average molecular weight is 118 g/mol. The molecule has 0 aromatic rings. The van der Waals surface area contributed by atoms with Crippen LogP contribution in [0.2, 0.25) is 0 Å². The van der Waals surface area contributed by atoms with E-state index in [1.807, 2.05) is 23.5 Å². The van der Waals surface area contributed by atoms with Gasteiger partial charge in [-0.05, 0) is 0 Å². The maximum atomic E-state index is 2.15. The van der Waals surface area contributed by atoms with E-state index >= 15 is 0 Å². The van der Waals surface area contributed by atoms with Crippen molar-refractivity contribution in [3.05, 3.63) is 11.5 Å². The van der Waals surface area contributed by atoms with E-state index in [2.05, 4.69) is 11.5 Å². The number of rotatable bonds is 0. The molecule has 0 aromatic heterocycles. The molecule has 1 rings (SSSR count). The van der Waals surface area contributed by atoms with Crippen LogP contribution in [0, 0.1) is 11.5 Å². The zero-order valence-corrected chi connectivity index (χ0v) is 5.02. The molecule has 0 spiro atoms. The molecule has 2 radical (unpaired) electrons. The van der Waals surface area contributed by atoms with Gasteiger partial charge in [-0.2, -0.15) is 23.5 Å². The van der Waals surface area contributed by atoms with Gasteiger partial charge < -0.3 is 0 Å². The van der Waals surface area contributed by atoms with E-state index in [0.717, 1.165) is 0 Å². The third kappa shape index (κ3) is 1.43. The van der Waals surface area contributed by atoms with Crippen LogP contribution in [0.1, 0.15) is 0 Å². The van der Waals surface area contributed by atoms with Crippen molar-refractivity contribution in [2.75, 3.05) is 11.5 Å². The highest BCUT2D eigenvalue weighted by molar-refractivity contribution is 8.08. The Bertz CT molecular complexity index is 21.0. The SMILES string of the molecule is [CH]1[CH]SCCS1. The van der Waals surface area contributed by atoms with Crippen LogP contribution in [0.5, 0.6) is 0 Å². The summed E-state index contributed by atoms with van der Waals surface area (Å²) in [5.41, 5.74) is 0. The summed E-state index contributed by atoms with van der Waals surface area (Å²) in [6.45, 7) is 0. The summed E-state index contributed by atoms with van der Waals surface area (Å²) in [6, 6.07) is 0. The lowest BCUT2D eigenvalue weighted by Gasteiger charge is -2.04. The van der Waals surface area contributed by atoms with Gasteiger partial charge in [0.1, 0.15) is 0 Å². The van der Waals surface area contributed by atoms with Crippen molar-refractivity contribution >= 4 is 23.5 Å². The summed E-state index contributed by atoms with van der Waals surface area (Å²) >= 11 is 3.79. The second-order valence-electron chi connectivity index (χ2n) is 1.01. The number of hydrogen-bond acceptors (Lipinski definition) is 2. The van der Waals surface area contributed by atoms with E-state index in [1.54, 1.807) is 0 Å². The van der Waals surface area contributed by atoms with Gasteiger partial charge in [-0.1, -0.05) is 0 Å². The maximum Gasteiger partial charge on any atom is 0.0307 e. The predicted molar refractivity (Wildman–Crippen MR) is 33.5 cm³/mol. The van der Waals surface area contributed by atoms with Crippen LogP contribution in [0.15, 0.2) is 0 Å². The lowest BCUT2D eigenvalue weighted by Crippen LogP contribution is -1.88. The zero-order chi connectivity index (χ0) is 4.24. The molecule has 1 heterocycles. The van der Waals surface area contributed by atoms with Crippen LogP contribution in [0.4, 0.5) is 0 Å². The van der Waals surface area contributed by atoms with Crippen LogP contribution >= 0.6 is 23.5 Å². The quantitative estimate of drug-likeness (QED) is 0.475. The maximum absolute atomic E-state index is 2.15. The largest absolute Gasteiger partial charge is 0.155 e. The fourth-order valence-electron chi connectivity index (χ4n) is 0.311. The number of thioether (sulfide) groups is 2. The Kier molecular flexibility index (Phi) is 2.27. The van der Waals surface area contributed by atoms with E-state index in [1.165, 1.54) is 11.5 Å². The van der Waals surface area contributed by atoms with Gasteiger partial charge in [-0.15, -0.1) is 0 Å². The Morgan fingerprint density at radius 2 is 1.50 bits per heavy atom. The molecule has 1 fully saturated rings. The molecule has 0 nitrogen and oxygen atoms in total. The first-order chi connectivity index (χ1) is 3.00. The highest BCUT2D eigenvalue weighted by Gasteiger charge is 1.96. The van der Waals surface area contributed by atoms with Gasteiger partial charge in [0.15, 0.2) is 0 Å². The van der Waals surface area contributed by atoms with Crippen LogP contribution in [0.25, 0.3) is 0 Å². The second kappa shape index (κ2) is 2.80. The smallest absolute Gasteiger partial charge is 0.0307 e. The average Bonchev–Trinajstić information content (AvgIpc) is 1.72. The van der Waals surface area contributed by atoms with Crippen molar-refractivity contribution in [2.45, 2.75) is 0 Å². The van der Waals surface area contributed by atoms with Crippen molar-refractivity contribution in [3.63, 3.8) is 0 Å². The van der Waals surface area contributed by atoms with Gasteiger partial charge in [0, 0.05) is 23.0 Å². The summed E-state index contributed by atoms with van der Waals surface area (Å²) in [5, 5.41) is 0. The third-order valence-corrected chi connectivity index (χ3v) is 2.53. The van der Waals surface area contributed by atoms with E-state index in [-0.39, 0.29) is 0 Å². The topological polar surface area (TPSA) is 0 Å². The molecule has 0 amide bonds. The fourth-order valence-corrected chi connectivity index (χ4v) is 1.98. The molecule has 2 heteroatoms. The Balaban J connectivity index is 2.00. The molecule has 6 heavy (non-hydrogen) atoms. The van der Waals surface area contributed by atoms with Crippen LogP contribution < -0.4 is 0 Å². The highest BCUT2D eigenvalue weighted by atomic mass is 32.2. The molecule has 0 saturated carbocycles. The van der Waals surface area contributed by atoms with Gasteiger partial charge in [0.2, 0.25) is 0 Å². The van der Waals surface area contributed by atoms with Gasteiger partial charge in [0.25, 0.3) is 0 Å². The van der Waals surface area contributed by atoms with Crippen molar-refractivity contribution in [2.24, 2.45) is 0 Å². The number of hydrogen-bond donors (Lipinski definition) is 0. The van der Waals surface area contributed by atoms with Gasteiger partial charge in [-0.25, -0.2) is 0 Å². The minimum absolute atomic E-state index is 1.29. The Morgan fingerprint density at radius 1 is 1.00 bits per heavy atom. The molecule has 0 unspecified atom stereocenters. The fraction of sp³-hybridized carbons (Fsp3) is 0.500. The van der Waals surface area contributed by atoms with Crippen molar-refractivity contribution < 1.29 is 0 Å². The summed E-state index contributed by atoms with van der Waals surface area (Å²) in [7, 11) is 0. The minimum atomic E-state index is 1.29. The summed E-state index contributed by atoms with van der Waals surface area (Å²) < 4.78 is 0. The van der Waals surface area contributed by atoms with E-state index in [4.69, 9.17) is 0 Å². The van der Waals surface area contributed by atoms with Gasteiger partial charge in [-0.3, -0.25) is 0 Å². The van der Waals surface area contributed by atoms with Crippen LogP contribution in [-0.4, -0.2) is 11.5 Å². The molecule has 0 aliphatic carbocycles. The molecule has 0 N–H and O–H groups in total.